The lowest BCUT2D eigenvalue weighted by molar-refractivity contribution is -0.152. The van der Waals surface area contributed by atoms with Crippen molar-refractivity contribution in [3.63, 3.8) is 0 Å². The minimum absolute atomic E-state index is 0.318. The first kappa shape index (κ1) is 16.4. The molecule has 2 aromatic carbocycles. The molecule has 0 spiro atoms. The van der Waals surface area contributed by atoms with Gasteiger partial charge >= 0.3 is 12.1 Å². The van der Waals surface area contributed by atoms with E-state index in [4.69, 9.17) is 14.6 Å². The van der Waals surface area contributed by atoms with E-state index in [-0.39, 0.29) is 0 Å². The average molecular weight is 315 g/mol. The molecule has 0 heterocycles. The Hall–Kier alpha value is -3.02. The molecule has 0 aromatic heterocycles. The summed E-state index contributed by atoms with van der Waals surface area (Å²) in [6, 6.07) is 15.0. The highest BCUT2D eigenvalue weighted by Crippen LogP contribution is 2.22. The van der Waals surface area contributed by atoms with E-state index in [2.05, 4.69) is 5.32 Å². The van der Waals surface area contributed by atoms with Crippen LogP contribution in [0, 0.1) is 0 Å². The number of carboxylic acids is 1. The molecule has 6 nitrogen and oxygen atoms in total. The fourth-order valence-corrected chi connectivity index (χ4v) is 1.69. The number of benzene rings is 2. The molecule has 0 unspecified atom stereocenters. The minimum atomic E-state index is -1.34. The van der Waals surface area contributed by atoms with Crippen molar-refractivity contribution in [2.24, 2.45) is 0 Å². The Morgan fingerprint density at radius 3 is 2.09 bits per heavy atom. The van der Waals surface area contributed by atoms with Gasteiger partial charge in [0.15, 0.2) is 5.60 Å². The molecule has 0 saturated carbocycles. The van der Waals surface area contributed by atoms with E-state index in [9.17, 15) is 9.59 Å². The number of carbonyl (C=O) groups is 2. The van der Waals surface area contributed by atoms with Gasteiger partial charge in [-0.15, -0.1) is 0 Å². The smallest absolute Gasteiger partial charge is 0.417 e. The summed E-state index contributed by atoms with van der Waals surface area (Å²) in [7, 11) is 0. The number of ether oxygens (including phenoxy) is 2. The third-order valence-corrected chi connectivity index (χ3v) is 2.94. The third-order valence-electron chi connectivity index (χ3n) is 2.94. The van der Waals surface area contributed by atoms with Gasteiger partial charge in [-0.25, -0.2) is 9.59 Å². The highest BCUT2D eigenvalue weighted by atomic mass is 16.6. The summed E-state index contributed by atoms with van der Waals surface area (Å²) < 4.78 is 10.5. The molecule has 0 saturated heterocycles. The van der Waals surface area contributed by atoms with E-state index in [0.717, 1.165) is 0 Å². The molecular weight excluding hydrogens is 298 g/mol. The fraction of sp³-hybridized carbons (Fsp3) is 0.176. The van der Waals surface area contributed by atoms with Crippen LogP contribution in [0.1, 0.15) is 13.8 Å². The van der Waals surface area contributed by atoms with E-state index < -0.39 is 17.7 Å². The zero-order valence-corrected chi connectivity index (χ0v) is 12.8. The molecule has 0 atom stereocenters. The van der Waals surface area contributed by atoms with Crippen LogP contribution in [0.4, 0.5) is 10.5 Å². The number of carbonyl (C=O) groups excluding carboxylic acids is 1. The lowest BCUT2D eigenvalue weighted by atomic mass is 10.1. The minimum Gasteiger partial charge on any atom is -0.478 e. The lowest BCUT2D eigenvalue weighted by Gasteiger charge is -2.21. The molecule has 2 N–H and O–H groups in total. The zero-order valence-electron chi connectivity index (χ0n) is 12.8. The Balaban J connectivity index is 1.95. The van der Waals surface area contributed by atoms with Crippen molar-refractivity contribution in [3.05, 3.63) is 54.6 Å². The first-order valence-corrected chi connectivity index (χ1v) is 6.93. The zero-order chi connectivity index (χ0) is 16.9. The monoisotopic (exact) mass is 315 g/mol. The molecule has 0 aliphatic rings. The van der Waals surface area contributed by atoms with Crippen LogP contribution in [0.5, 0.6) is 11.5 Å². The van der Waals surface area contributed by atoms with E-state index >= 15 is 0 Å². The van der Waals surface area contributed by atoms with Crippen LogP contribution in [0.15, 0.2) is 54.6 Å². The van der Waals surface area contributed by atoms with Crippen LogP contribution in [0.2, 0.25) is 0 Å². The van der Waals surface area contributed by atoms with E-state index in [1.54, 1.807) is 24.3 Å². The Kier molecular flexibility index (Phi) is 4.85. The third kappa shape index (κ3) is 4.74. The van der Waals surface area contributed by atoms with Gasteiger partial charge < -0.3 is 14.6 Å². The van der Waals surface area contributed by atoms with Crippen molar-refractivity contribution in [2.75, 3.05) is 5.32 Å². The predicted octanol–water partition coefficient (Wildman–Crippen LogP) is 3.54. The molecule has 2 aromatic rings. The second-order valence-electron chi connectivity index (χ2n) is 5.27. The first-order chi connectivity index (χ1) is 10.9. The predicted molar refractivity (Wildman–Crippen MR) is 84.9 cm³/mol. The fourth-order valence-electron chi connectivity index (χ4n) is 1.69. The molecule has 0 radical (unpaired) electrons. The van der Waals surface area contributed by atoms with Gasteiger partial charge in [0.2, 0.25) is 0 Å². The summed E-state index contributed by atoms with van der Waals surface area (Å²) in [5.74, 6) is -0.382. The Bertz CT molecular complexity index is 680. The van der Waals surface area contributed by atoms with Crippen molar-refractivity contribution in [1.29, 1.82) is 0 Å². The number of anilines is 1. The normalized spacial score (nSPS) is 10.7. The van der Waals surface area contributed by atoms with Crippen LogP contribution >= 0.6 is 0 Å². The summed E-state index contributed by atoms with van der Waals surface area (Å²) in [5.41, 5.74) is -0.715. The highest BCUT2D eigenvalue weighted by molar-refractivity contribution is 5.86. The number of aliphatic carboxylic acids is 1. The molecule has 1 amide bonds. The number of carboxylic acid groups (broad SMARTS) is 1. The quantitative estimate of drug-likeness (QED) is 0.881. The molecule has 0 bridgehead atoms. The van der Waals surface area contributed by atoms with Gasteiger partial charge in [-0.05, 0) is 50.2 Å². The Labute approximate surface area is 133 Å². The van der Waals surface area contributed by atoms with Crippen molar-refractivity contribution >= 4 is 17.7 Å². The molecular formula is C17H17NO5. The van der Waals surface area contributed by atoms with Gasteiger partial charge in [0.05, 0.1) is 0 Å². The molecule has 120 valence electrons. The Morgan fingerprint density at radius 2 is 1.52 bits per heavy atom. The van der Waals surface area contributed by atoms with Gasteiger partial charge in [-0.1, -0.05) is 18.2 Å². The van der Waals surface area contributed by atoms with Crippen molar-refractivity contribution in [1.82, 2.24) is 0 Å². The summed E-state index contributed by atoms with van der Waals surface area (Å²) >= 11 is 0. The number of amides is 1. The largest absolute Gasteiger partial charge is 0.478 e. The first-order valence-electron chi connectivity index (χ1n) is 6.93. The topological polar surface area (TPSA) is 84.9 Å². The Morgan fingerprint density at radius 1 is 0.957 bits per heavy atom. The van der Waals surface area contributed by atoms with Gasteiger partial charge in [0.25, 0.3) is 0 Å². The maximum Gasteiger partial charge on any atom is 0.417 e. The average Bonchev–Trinajstić information content (AvgIpc) is 2.50. The molecule has 6 heteroatoms. The molecule has 0 aliphatic carbocycles. The van der Waals surface area contributed by atoms with Crippen molar-refractivity contribution in [3.8, 4) is 11.5 Å². The summed E-state index contributed by atoms with van der Waals surface area (Å²) in [6.45, 7) is 2.90. The standard InChI is InChI=1S/C17H17NO5/c1-17(2,15(19)20)23-14-10-8-13(9-11-14)22-16(21)18-12-6-4-3-5-7-12/h3-11H,1-2H3,(H,18,21)(H,19,20). The SMILES string of the molecule is CC(C)(Oc1ccc(OC(=O)Nc2ccccc2)cc1)C(=O)O. The summed E-state index contributed by atoms with van der Waals surface area (Å²) in [5, 5.41) is 11.6. The van der Waals surface area contributed by atoms with Crippen LogP contribution in [-0.2, 0) is 4.79 Å². The molecule has 0 fully saturated rings. The van der Waals surface area contributed by atoms with Gasteiger partial charge in [0, 0.05) is 5.69 Å². The van der Waals surface area contributed by atoms with Gasteiger partial charge in [-0.2, -0.15) is 0 Å². The number of hydrogen-bond donors (Lipinski definition) is 2. The number of rotatable bonds is 5. The van der Waals surface area contributed by atoms with Crippen molar-refractivity contribution in [2.45, 2.75) is 19.4 Å². The molecule has 23 heavy (non-hydrogen) atoms. The number of nitrogens with one attached hydrogen (secondary N) is 1. The highest BCUT2D eigenvalue weighted by Gasteiger charge is 2.29. The van der Waals surface area contributed by atoms with Crippen LogP contribution in [0.25, 0.3) is 0 Å². The number of hydrogen-bond acceptors (Lipinski definition) is 4. The van der Waals surface area contributed by atoms with E-state index in [1.807, 2.05) is 6.07 Å². The lowest BCUT2D eigenvalue weighted by Crippen LogP contribution is -2.37. The maximum atomic E-state index is 11.7. The maximum absolute atomic E-state index is 11.7. The molecule has 0 aliphatic heterocycles. The second-order valence-corrected chi connectivity index (χ2v) is 5.27. The molecule has 2 rings (SSSR count). The van der Waals surface area contributed by atoms with Crippen LogP contribution in [0.3, 0.4) is 0 Å². The van der Waals surface area contributed by atoms with Gasteiger partial charge in [-0.3, -0.25) is 5.32 Å². The van der Waals surface area contributed by atoms with Gasteiger partial charge in [0.1, 0.15) is 11.5 Å². The summed E-state index contributed by atoms with van der Waals surface area (Å²) in [6.07, 6.45) is -0.615. The van der Waals surface area contributed by atoms with E-state index in [0.29, 0.717) is 17.2 Å². The van der Waals surface area contributed by atoms with Crippen molar-refractivity contribution < 1.29 is 24.2 Å². The number of para-hydroxylation sites is 1. The van der Waals surface area contributed by atoms with Crippen LogP contribution < -0.4 is 14.8 Å². The second kappa shape index (κ2) is 6.83. The van der Waals surface area contributed by atoms with E-state index in [1.165, 1.54) is 38.1 Å². The summed E-state index contributed by atoms with van der Waals surface area (Å²) in [4.78, 5) is 22.8. The van der Waals surface area contributed by atoms with Crippen LogP contribution in [-0.4, -0.2) is 22.8 Å².